The van der Waals surface area contributed by atoms with Gasteiger partial charge >= 0.3 is 0 Å². The lowest BCUT2D eigenvalue weighted by Gasteiger charge is -2.09. The number of amides is 1. The zero-order valence-electron chi connectivity index (χ0n) is 10.5. The molecule has 5 nitrogen and oxygen atoms in total. The second-order valence-corrected chi connectivity index (χ2v) is 3.68. The normalized spacial score (nSPS) is 12.4. The first kappa shape index (κ1) is 15.3. The Labute approximate surface area is 97.9 Å². The molecule has 1 unspecified atom stereocenters. The van der Waals surface area contributed by atoms with Crippen molar-refractivity contribution in [3.05, 3.63) is 0 Å². The molecule has 0 saturated carbocycles. The third-order valence-electron chi connectivity index (χ3n) is 2.29. The number of hydrogen-bond donors (Lipinski definition) is 2. The molecule has 0 aliphatic carbocycles. The molecule has 0 aromatic rings. The molecule has 0 heterocycles. The second kappa shape index (κ2) is 10.9. The van der Waals surface area contributed by atoms with Crippen molar-refractivity contribution in [1.29, 1.82) is 0 Å². The van der Waals surface area contributed by atoms with E-state index in [0.29, 0.717) is 19.6 Å². The van der Waals surface area contributed by atoms with Crippen molar-refractivity contribution in [3.63, 3.8) is 0 Å². The minimum absolute atomic E-state index is 0.0810. The van der Waals surface area contributed by atoms with E-state index in [-0.39, 0.29) is 12.0 Å². The smallest absolute Gasteiger partial charge is 0.220 e. The van der Waals surface area contributed by atoms with Gasteiger partial charge in [-0.3, -0.25) is 4.79 Å². The molecule has 1 amide bonds. The summed E-state index contributed by atoms with van der Waals surface area (Å²) >= 11 is 0. The largest absolute Gasteiger partial charge is 0.383 e. The monoisotopic (exact) mass is 232 g/mol. The molecule has 0 fully saturated rings. The van der Waals surface area contributed by atoms with Crippen LogP contribution in [0.5, 0.6) is 0 Å². The van der Waals surface area contributed by atoms with Crippen molar-refractivity contribution >= 4 is 5.91 Å². The number of nitrogens with one attached hydrogen (secondary N) is 2. The Bertz CT molecular complexity index is 177. The van der Waals surface area contributed by atoms with Crippen LogP contribution in [0.15, 0.2) is 0 Å². The van der Waals surface area contributed by atoms with Crippen molar-refractivity contribution in [2.75, 3.05) is 40.5 Å². The molecule has 96 valence electrons. The van der Waals surface area contributed by atoms with Crippen LogP contribution < -0.4 is 10.6 Å². The first-order chi connectivity index (χ1) is 7.70. The highest BCUT2D eigenvalue weighted by Gasteiger charge is 2.04. The van der Waals surface area contributed by atoms with Gasteiger partial charge in [0.2, 0.25) is 5.91 Å². The van der Waals surface area contributed by atoms with E-state index in [1.165, 1.54) is 0 Å². The predicted molar refractivity (Wildman–Crippen MR) is 63.5 cm³/mol. The highest BCUT2D eigenvalue weighted by atomic mass is 16.5. The Morgan fingerprint density at radius 2 is 2.00 bits per heavy atom. The van der Waals surface area contributed by atoms with Gasteiger partial charge in [0, 0.05) is 40.3 Å². The summed E-state index contributed by atoms with van der Waals surface area (Å²) in [6.07, 6.45) is 1.43. The number of carbonyl (C=O) groups excluding carboxylic acids is 1. The van der Waals surface area contributed by atoms with Crippen LogP contribution in [0, 0.1) is 0 Å². The summed E-state index contributed by atoms with van der Waals surface area (Å²) in [4.78, 5) is 11.3. The summed E-state index contributed by atoms with van der Waals surface area (Å²) in [5.41, 5.74) is 0. The molecule has 0 aliphatic rings. The van der Waals surface area contributed by atoms with Crippen LogP contribution in [0.3, 0.4) is 0 Å². The van der Waals surface area contributed by atoms with E-state index in [9.17, 15) is 4.79 Å². The van der Waals surface area contributed by atoms with Crippen molar-refractivity contribution in [2.24, 2.45) is 0 Å². The maximum absolute atomic E-state index is 11.3. The van der Waals surface area contributed by atoms with E-state index in [0.717, 1.165) is 19.5 Å². The Morgan fingerprint density at radius 3 is 2.62 bits per heavy atom. The van der Waals surface area contributed by atoms with Gasteiger partial charge in [-0.2, -0.15) is 0 Å². The van der Waals surface area contributed by atoms with Crippen molar-refractivity contribution in [1.82, 2.24) is 10.6 Å². The van der Waals surface area contributed by atoms with Gasteiger partial charge < -0.3 is 20.1 Å². The quantitative estimate of drug-likeness (QED) is 0.527. The van der Waals surface area contributed by atoms with Crippen LogP contribution in [0.2, 0.25) is 0 Å². The topological polar surface area (TPSA) is 59.6 Å². The van der Waals surface area contributed by atoms with E-state index >= 15 is 0 Å². The number of carbonyl (C=O) groups is 1. The van der Waals surface area contributed by atoms with E-state index < -0.39 is 0 Å². The number of ether oxygens (including phenoxy) is 2. The molecule has 0 aromatic carbocycles. The van der Waals surface area contributed by atoms with E-state index in [1.807, 2.05) is 6.92 Å². The zero-order chi connectivity index (χ0) is 12.2. The molecular weight excluding hydrogens is 208 g/mol. The van der Waals surface area contributed by atoms with Crippen LogP contribution in [0.4, 0.5) is 0 Å². The fourth-order valence-electron chi connectivity index (χ4n) is 1.13. The molecular formula is C11H24N2O3. The van der Waals surface area contributed by atoms with Gasteiger partial charge in [0.15, 0.2) is 0 Å². The number of hydrogen-bond acceptors (Lipinski definition) is 4. The van der Waals surface area contributed by atoms with Crippen molar-refractivity contribution in [2.45, 2.75) is 25.9 Å². The third-order valence-corrected chi connectivity index (χ3v) is 2.29. The van der Waals surface area contributed by atoms with Gasteiger partial charge in [-0.05, 0) is 13.3 Å². The number of rotatable bonds is 10. The molecule has 0 spiro atoms. The summed E-state index contributed by atoms with van der Waals surface area (Å²) in [5, 5.41) is 5.99. The van der Waals surface area contributed by atoms with Crippen LogP contribution >= 0.6 is 0 Å². The average Bonchev–Trinajstić information content (AvgIpc) is 2.30. The van der Waals surface area contributed by atoms with Crippen LogP contribution in [0.25, 0.3) is 0 Å². The van der Waals surface area contributed by atoms with E-state index in [2.05, 4.69) is 10.6 Å². The maximum atomic E-state index is 11.3. The standard InChI is InChI=1S/C11H24N2O3/c1-10(16-3)4-5-11(14)13-7-6-12-8-9-15-2/h10,12H,4-9H2,1-3H3,(H,13,14). The van der Waals surface area contributed by atoms with Gasteiger partial charge in [0.25, 0.3) is 0 Å². The fourth-order valence-corrected chi connectivity index (χ4v) is 1.13. The van der Waals surface area contributed by atoms with Crippen molar-refractivity contribution in [3.8, 4) is 0 Å². The minimum Gasteiger partial charge on any atom is -0.383 e. The molecule has 0 radical (unpaired) electrons. The highest BCUT2D eigenvalue weighted by Crippen LogP contribution is 1.98. The van der Waals surface area contributed by atoms with Gasteiger partial charge in [0.1, 0.15) is 0 Å². The van der Waals surface area contributed by atoms with Gasteiger partial charge in [-0.15, -0.1) is 0 Å². The summed E-state index contributed by atoms with van der Waals surface area (Å²) in [7, 11) is 3.32. The first-order valence-corrected chi connectivity index (χ1v) is 5.69. The maximum Gasteiger partial charge on any atom is 0.220 e. The summed E-state index contributed by atoms with van der Waals surface area (Å²) in [6.45, 7) is 4.89. The van der Waals surface area contributed by atoms with Crippen LogP contribution in [0.1, 0.15) is 19.8 Å². The molecule has 0 aliphatic heterocycles. The lowest BCUT2D eigenvalue weighted by molar-refractivity contribution is -0.121. The number of methoxy groups -OCH3 is 2. The lowest BCUT2D eigenvalue weighted by atomic mass is 10.2. The predicted octanol–water partition coefficient (Wildman–Crippen LogP) is 0.154. The molecule has 16 heavy (non-hydrogen) atoms. The molecule has 2 N–H and O–H groups in total. The van der Waals surface area contributed by atoms with Crippen LogP contribution in [-0.4, -0.2) is 52.5 Å². The summed E-state index contributed by atoms with van der Waals surface area (Å²) < 4.78 is 9.95. The average molecular weight is 232 g/mol. The molecule has 1 atom stereocenters. The Morgan fingerprint density at radius 1 is 1.25 bits per heavy atom. The third kappa shape index (κ3) is 9.89. The molecule has 0 saturated heterocycles. The first-order valence-electron chi connectivity index (χ1n) is 5.69. The van der Waals surface area contributed by atoms with E-state index in [1.54, 1.807) is 14.2 Å². The van der Waals surface area contributed by atoms with Gasteiger partial charge in [-0.1, -0.05) is 0 Å². The Kier molecular flexibility index (Phi) is 10.4. The second-order valence-electron chi connectivity index (χ2n) is 3.68. The Balaban J connectivity index is 3.24. The van der Waals surface area contributed by atoms with E-state index in [4.69, 9.17) is 9.47 Å². The molecule has 0 rings (SSSR count). The zero-order valence-corrected chi connectivity index (χ0v) is 10.5. The highest BCUT2D eigenvalue weighted by molar-refractivity contribution is 5.75. The molecule has 0 bridgehead atoms. The van der Waals surface area contributed by atoms with Crippen molar-refractivity contribution < 1.29 is 14.3 Å². The summed E-state index contributed by atoms with van der Waals surface area (Å²) in [5.74, 6) is 0.0810. The van der Waals surface area contributed by atoms with Gasteiger partial charge in [0.05, 0.1) is 12.7 Å². The lowest BCUT2D eigenvalue weighted by Crippen LogP contribution is -2.33. The SMILES string of the molecule is COCCNCCNC(=O)CCC(C)OC. The summed E-state index contributed by atoms with van der Waals surface area (Å²) in [6, 6.07) is 0. The Hall–Kier alpha value is -0.650. The molecule has 0 aromatic heterocycles. The van der Waals surface area contributed by atoms with Gasteiger partial charge in [-0.25, -0.2) is 0 Å². The van der Waals surface area contributed by atoms with Crippen LogP contribution in [-0.2, 0) is 14.3 Å². The minimum atomic E-state index is 0.0810. The fraction of sp³-hybridized carbons (Fsp3) is 0.909. The molecule has 5 heteroatoms.